The van der Waals surface area contributed by atoms with Crippen LogP contribution in [0.25, 0.3) is 0 Å². The molecule has 3 nitrogen and oxygen atoms in total. The van der Waals surface area contributed by atoms with Gasteiger partial charge in [-0.25, -0.2) is 4.39 Å². The summed E-state index contributed by atoms with van der Waals surface area (Å²) in [6.45, 7) is 0. The van der Waals surface area contributed by atoms with Crippen molar-refractivity contribution in [2.75, 3.05) is 18.2 Å². The van der Waals surface area contributed by atoms with Gasteiger partial charge in [0.05, 0.1) is 12.1 Å². The Labute approximate surface area is 137 Å². The lowest BCUT2D eigenvalue weighted by Crippen LogP contribution is -2.12. The SMILES string of the molecule is COc1ccc(NC(=O)CCSc2ccc(F)cc2)cc1Cl. The second-order valence-corrected chi connectivity index (χ2v) is 6.03. The molecule has 1 N–H and O–H groups in total. The van der Waals surface area contributed by atoms with Crippen molar-refractivity contribution in [3.8, 4) is 5.75 Å². The van der Waals surface area contributed by atoms with E-state index in [1.54, 1.807) is 30.3 Å². The van der Waals surface area contributed by atoms with E-state index in [1.165, 1.54) is 31.0 Å². The molecule has 22 heavy (non-hydrogen) atoms. The molecular weight excluding hydrogens is 325 g/mol. The molecule has 0 aliphatic heterocycles. The van der Waals surface area contributed by atoms with Gasteiger partial charge in [-0.1, -0.05) is 11.6 Å². The van der Waals surface area contributed by atoms with Gasteiger partial charge in [-0.2, -0.15) is 0 Å². The number of thioether (sulfide) groups is 1. The number of nitrogens with one attached hydrogen (secondary N) is 1. The lowest BCUT2D eigenvalue weighted by Gasteiger charge is -2.08. The first-order valence-electron chi connectivity index (χ1n) is 6.60. The molecule has 0 atom stereocenters. The molecule has 2 aromatic carbocycles. The van der Waals surface area contributed by atoms with E-state index in [-0.39, 0.29) is 11.7 Å². The van der Waals surface area contributed by atoms with Crippen molar-refractivity contribution < 1.29 is 13.9 Å². The summed E-state index contributed by atoms with van der Waals surface area (Å²) in [5.41, 5.74) is 0.627. The van der Waals surface area contributed by atoms with Crippen LogP contribution in [0.5, 0.6) is 5.75 Å². The van der Waals surface area contributed by atoms with Gasteiger partial charge >= 0.3 is 0 Å². The van der Waals surface area contributed by atoms with Crippen LogP contribution in [0, 0.1) is 5.82 Å². The Kier molecular flexibility index (Phi) is 6.10. The molecule has 2 aromatic rings. The van der Waals surface area contributed by atoms with E-state index in [2.05, 4.69) is 5.32 Å². The van der Waals surface area contributed by atoms with Crippen molar-refractivity contribution in [3.05, 3.63) is 53.3 Å². The van der Waals surface area contributed by atoms with Gasteiger partial charge in [0.2, 0.25) is 5.91 Å². The molecule has 0 saturated heterocycles. The van der Waals surface area contributed by atoms with Crippen LogP contribution < -0.4 is 10.1 Å². The Morgan fingerprint density at radius 2 is 2.00 bits per heavy atom. The molecule has 0 aliphatic rings. The highest BCUT2D eigenvalue weighted by Gasteiger charge is 2.06. The summed E-state index contributed by atoms with van der Waals surface area (Å²) in [6.07, 6.45) is 0.353. The van der Waals surface area contributed by atoms with Gasteiger partial charge in [-0.3, -0.25) is 4.79 Å². The third-order valence-electron chi connectivity index (χ3n) is 2.85. The van der Waals surface area contributed by atoms with Crippen LogP contribution in [0.4, 0.5) is 10.1 Å². The first-order chi connectivity index (χ1) is 10.6. The van der Waals surface area contributed by atoms with Gasteiger partial charge in [0.25, 0.3) is 0 Å². The van der Waals surface area contributed by atoms with Crippen LogP contribution in [-0.4, -0.2) is 18.8 Å². The monoisotopic (exact) mass is 339 g/mol. The lowest BCUT2D eigenvalue weighted by molar-refractivity contribution is -0.115. The molecule has 0 heterocycles. The number of methoxy groups -OCH3 is 1. The molecule has 116 valence electrons. The molecule has 2 rings (SSSR count). The molecule has 0 radical (unpaired) electrons. The minimum absolute atomic E-state index is 0.101. The molecule has 0 aliphatic carbocycles. The first kappa shape index (κ1) is 16.6. The van der Waals surface area contributed by atoms with Crippen LogP contribution in [-0.2, 0) is 4.79 Å². The number of ether oxygens (including phenoxy) is 1. The van der Waals surface area contributed by atoms with Crippen molar-refractivity contribution in [2.45, 2.75) is 11.3 Å². The van der Waals surface area contributed by atoms with Gasteiger partial charge in [0, 0.05) is 22.8 Å². The Hall–Kier alpha value is -1.72. The van der Waals surface area contributed by atoms with E-state index in [1.807, 2.05) is 0 Å². The molecule has 0 unspecified atom stereocenters. The van der Waals surface area contributed by atoms with Crippen molar-refractivity contribution in [1.29, 1.82) is 0 Å². The Morgan fingerprint density at radius 3 is 2.64 bits per heavy atom. The topological polar surface area (TPSA) is 38.3 Å². The van der Waals surface area contributed by atoms with Crippen LogP contribution in [0.1, 0.15) is 6.42 Å². The fraction of sp³-hybridized carbons (Fsp3) is 0.188. The zero-order chi connectivity index (χ0) is 15.9. The number of anilines is 1. The normalized spacial score (nSPS) is 10.3. The molecule has 0 aromatic heterocycles. The number of rotatable bonds is 6. The average Bonchev–Trinajstić information content (AvgIpc) is 2.49. The summed E-state index contributed by atoms with van der Waals surface area (Å²) in [6, 6.07) is 11.3. The molecule has 0 spiro atoms. The van der Waals surface area contributed by atoms with E-state index >= 15 is 0 Å². The average molecular weight is 340 g/mol. The number of halogens is 2. The van der Waals surface area contributed by atoms with E-state index in [4.69, 9.17) is 16.3 Å². The number of benzene rings is 2. The van der Waals surface area contributed by atoms with Crippen LogP contribution in [0.2, 0.25) is 5.02 Å². The Bertz CT molecular complexity index is 649. The number of carbonyl (C=O) groups is 1. The fourth-order valence-corrected chi connectivity index (χ4v) is 2.87. The first-order valence-corrected chi connectivity index (χ1v) is 7.96. The van der Waals surface area contributed by atoms with E-state index in [9.17, 15) is 9.18 Å². The van der Waals surface area contributed by atoms with Crippen LogP contribution in [0.3, 0.4) is 0 Å². The van der Waals surface area contributed by atoms with Crippen molar-refractivity contribution >= 4 is 35.0 Å². The Morgan fingerprint density at radius 1 is 1.27 bits per heavy atom. The third-order valence-corrected chi connectivity index (χ3v) is 4.16. The highest BCUT2D eigenvalue weighted by Crippen LogP contribution is 2.27. The maximum Gasteiger partial charge on any atom is 0.225 e. The van der Waals surface area contributed by atoms with Crippen LogP contribution in [0.15, 0.2) is 47.4 Å². The summed E-state index contributed by atoms with van der Waals surface area (Å²) < 4.78 is 17.8. The minimum atomic E-state index is -0.265. The van der Waals surface area contributed by atoms with Gasteiger partial charge in [-0.15, -0.1) is 11.8 Å². The molecule has 1 amide bonds. The summed E-state index contributed by atoms with van der Waals surface area (Å²) in [5, 5.41) is 3.22. The summed E-state index contributed by atoms with van der Waals surface area (Å²) in [4.78, 5) is 12.8. The quantitative estimate of drug-likeness (QED) is 0.781. The highest BCUT2D eigenvalue weighted by atomic mass is 35.5. The van der Waals surface area contributed by atoms with Crippen molar-refractivity contribution in [1.82, 2.24) is 0 Å². The van der Waals surface area contributed by atoms with Crippen molar-refractivity contribution in [2.24, 2.45) is 0 Å². The minimum Gasteiger partial charge on any atom is -0.495 e. The fourth-order valence-electron chi connectivity index (χ4n) is 1.76. The summed E-state index contributed by atoms with van der Waals surface area (Å²) in [7, 11) is 1.53. The summed E-state index contributed by atoms with van der Waals surface area (Å²) in [5.74, 6) is 0.808. The zero-order valence-electron chi connectivity index (χ0n) is 11.9. The van der Waals surface area contributed by atoms with Gasteiger partial charge in [0.15, 0.2) is 0 Å². The molecule has 0 saturated carbocycles. The second-order valence-electron chi connectivity index (χ2n) is 4.45. The lowest BCUT2D eigenvalue weighted by atomic mass is 10.3. The van der Waals surface area contributed by atoms with E-state index in [0.29, 0.717) is 28.6 Å². The number of carbonyl (C=O) groups excluding carboxylic acids is 1. The maximum absolute atomic E-state index is 12.8. The molecule has 6 heteroatoms. The predicted molar refractivity (Wildman–Crippen MR) is 88.4 cm³/mol. The highest BCUT2D eigenvalue weighted by molar-refractivity contribution is 7.99. The zero-order valence-corrected chi connectivity index (χ0v) is 13.5. The largest absolute Gasteiger partial charge is 0.495 e. The van der Waals surface area contributed by atoms with Gasteiger partial charge in [0.1, 0.15) is 11.6 Å². The second kappa shape index (κ2) is 8.06. The molecular formula is C16H15ClFNO2S. The Balaban J connectivity index is 1.80. The number of amides is 1. The molecule has 0 fully saturated rings. The third kappa shape index (κ3) is 4.93. The predicted octanol–water partition coefficient (Wildman–Crippen LogP) is 4.61. The van der Waals surface area contributed by atoms with Gasteiger partial charge in [-0.05, 0) is 42.5 Å². The van der Waals surface area contributed by atoms with Crippen molar-refractivity contribution in [3.63, 3.8) is 0 Å². The van der Waals surface area contributed by atoms with Crippen LogP contribution >= 0.6 is 23.4 Å². The molecule has 0 bridgehead atoms. The number of hydrogen-bond donors (Lipinski definition) is 1. The number of hydrogen-bond acceptors (Lipinski definition) is 3. The standard InChI is InChI=1S/C16H15ClFNO2S/c1-21-15-7-4-12(10-14(15)17)19-16(20)8-9-22-13-5-2-11(18)3-6-13/h2-7,10H,8-9H2,1H3,(H,19,20). The van der Waals surface area contributed by atoms with E-state index in [0.717, 1.165) is 4.90 Å². The smallest absolute Gasteiger partial charge is 0.225 e. The van der Waals surface area contributed by atoms with E-state index < -0.39 is 0 Å². The van der Waals surface area contributed by atoms with Gasteiger partial charge < -0.3 is 10.1 Å². The summed E-state index contributed by atoms with van der Waals surface area (Å²) >= 11 is 7.50. The maximum atomic E-state index is 12.8.